The summed E-state index contributed by atoms with van der Waals surface area (Å²) < 4.78 is 10.9. The van der Waals surface area contributed by atoms with Crippen LogP contribution in [0.3, 0.4) is 0 Å². The van der Waals surface area contributed by atoms with E-state index in [1.165, 1.54) is 11.1 Å². The predicted molar refractivity (Wildman–Crippen MR) is 135 cm³/mol. The number of piperazine rings is 1. The van der Waals surface area contributed by atoms with Gasteiger partial charge in [0, 0.05) is 58.7 Å². The number of aromatic nitrogens is 1. The minimum absolute atomic E-state index is 0.187. The van der Waals surface area contributed by atoms with Gasteiger partial charge >= 0.3 is 0 Å². The summed E-state index contributed by atoms with van der Waals surface area (Å²) in [5.74, 6) is 1.24. The molecule has 184 valence electrons. The second kappa shape index (κ2) is 9.93. The van der Waals surface area contributed by atoms with Gasteiger partial charge in [-0.25, -0.2) is 0 Å². The number of pyridine rings is 1. The van der Waals surface area contributed by atoms with Crippen molar-refractivity contribution in [3.05, 3.63) is 53.5 Å². The van der Waals surface area contributed by atoms with Gasteiger partial charge in [-0.2, -0.15) is 0 Å². The number of allylic oxidation sites excluding steroid dienone is 1. The number of rotatable bonds is 6. The molecule has 0 radical (unpaired) electrons. The first-order chi connectivity index (χ1) is 17.1. The molecule has 1 aromatic heterocycles. The molecule has 1 fully saturated rings. The second-order valence-electron chi connectivity index (χ2n) is 8.77. The van der Waals surface area contributed by atoms with Gasteiger partial charge in [-0.3, -0.25) is 19.7 Å². The highest BCUT2D eigenvalue weighted by molar-refractivity contribution is 6.07. The van der Waals surface area contributed by atoms with Crippen LogP contribution in [0.15, 0.2) is 47.4 Å². The third-order valence-electron chi connectivity index (χ3n) is 6.69. The zero-order valence-corrected chi connectivity index (χ0v) is 20.3. The summed E-state index contributed by atoms with van der Waals surface area (Å²) in [6.07, 6.45) is 6.64. The number of benzene rings is 1. The van der Waals surface area contributed by atoms with Gasteiger partial charge in [0.25, 0.3) is 5.91 Å². The molecular formula is C25H31N7O3. The number of carbonyl (C=O) groups is 1. The number of methoxy groups -OCH3 is 2. The van der Waals surface area contributed by atoms with E-state index in [4.69, 9.17) is 9.47 Å². The second-order valence-corrected chi connectivity index (χ2v) is 8.77. The van der Waals surface area contributed by atoms with Crippen LogP contribution in [-0.2, 0) is 17.9 Å². The van der Waals surface area contributed by atoms with Gasteiger partial charge in [-0.05, 0) is 35.4 Å². The summed E-state index contributed by atoms with van der Waals surface area (Å²) in [5.41, 5.74) is 4.58. The molecule has 2 N–H and O–H groups in total. The van der Waals surface area contributed by atoms with Crippen LogP contribution in [0.2, 0.25) is 0 Å². The average molecular weight is 478 g/mol. The topological polar surface area (TPSA) is 94.6 Å². The fourth-order valence-corrected chi connectivity index (χ4v) is 4.87. The molecule has 5 rings (SSSR count). The van der Waals surface area contributed by atoms with E-state index in [0.717, 1.165) is 31.9 Å². The molecule has 10 nitrogen and oxygen atoms in total. The number of ether oxygens (including phenoxy) is 2. The standard InChI is InChI=1S/C25H31N7O3/c1-30-21(24(33)29-19-14-27-6-4-20(19)31-10-8-26-9-11-31)5-7-28-25(30)32-15-17-12-22(34-2)23(35-3)13-18(17)16-32/h4-7,12-14,25-26H,8-11,15-16H2,1-3H3,(H,29,33). The van der Waals surface area contributed by atoms with Gasteiger partial charge in [0.1, 0.15) is 5.70 Å². The molecule has 1 atom stereocenters. The molecule has 10 heteroatoms. The molecule has 1 amide bonds. The Balaban J connectivity index is 1.30. The Morgan fingerprint density at radius 3 is 2.46 bits per heavy atom. The highest BCUT2D eigenvalue weighted by Crippen LogP contribution is 2.36. The fourth-order valence-electron chi connectivity index (χ4n) is 4.87. The van der Waals surface area contributed by atoms with Gasteiger partial charge in [-0.15, -0.1) is 0 Å². The van der Waals surface area contributed by atoms with Crippen LogP contribution in [0.4, 0.5) is 11.4 Å². The van der Waals surface area contributed by atoms with Crippen molar-refractivity contribution in [1.82, 2.24) is 20.1 Å². The van der Waals surface area contributed by atoms with Crippen LogP contribution in [0.1, 0.15) is 11.1 Å². The summed E-state index contributed by atoms with van der Waals surface area (Å²) in [5, 5.41) is 6.44. The minimum Gasteiger partial charge on any atom is -0.493 e. The van der Waals surface area contributed by atoms with Crippen molar-refractivity contribution >= 4 is 23.5 Å². The maximum absolute atomic E-state index is 13.4. The molecule has 0 bridgehead atoms. The summed E-state index contributed by atoms with van der Waals surface area (Å²) in [4.78, 5) is 28.7. The van der Waals surface area contributed by atoms with Crippen molar-refractivity contribution in [2.75, 3.05) is 57.7 Å². The molecule has 3 aliphatic heterocycles. The van der Waals surface area contributed by atoms with Crippen molar-refractivity contribution in [1.29, 1.82) is 0 Å². The van der Waals surface area contributed by atoms with Gasteiger partial charge in [0.2, 0.25) is 0 Å². The smallest absolute Gasteiger partial charge is 0.272 e. The SMILES string of the molecule is COc1cc2c(cc1OC)CN(C1N=CC=C(C(=O)Nc3cnccc3N3CCNCC3)N1C)C2. The number of aliphatic imine (C=N–C) groups is 1. The Morgan fingerprint density at radius 2 is 1.80 bits per heavy atom. The predicted octanol–water partition coefficient (Wildman–Crippen LogP) is 1.65. The molecule has 1 aromatic carbocycles. The van der Waals surface area contributed by atoms with E-state index < -0.39 is 0 Å². The molecule has 0 spiro atoms. The quantitative estimate of drug-likeness (QED) is 0.649. The number of fused-ring (bicyclic) bond motifs is 1. The first-order valence-electron chi connectivity index (χ1n) is 11.7. The Morgan fingerprint density at radius 1 is 1.11 bits per heavy atom. The van der Waals surface area contributed by atoms with Gasteiger partial charge in [-0.1, -0.05) is 0 Å². The largest absolute Gasteiger partial charge is 0.493 e. The number of likely N-dealkylation sites (N-methyl/N-ethyl adjacent to an activating group) is 1. The fraction of sp³-hybridized carbons (Fsp3) is 0.400. The highest BCUT2D eigenvalue weighted by Gasteiger charge is 2.33. The third kappa shape index (κ3) is 4.54. The lowest BCUT2D eigenvalue weighted by molar-refractivity contribution is -0.115. The molecule has 3 aliphatic rings. The molecule has 2 aromatic rings. The Labute approximate surface area is 205 Å². The zero-order chi connectivity index (χ0) is 24.4. The van der Waals surface area contributed by atoms with Crippen LogP contribution in [0, 0.1) is 0 Å². The van der Waals surface area contributed by atoms with Crippen LogP contribution in [0.25, 0.3) is 0 Å². The third-order valence-corrected chi connectivity index (χ3v) is 6.69. The maximum Gasteiger partial charge on any atom is 0.272 e. The van der Waals surface area contributed by atoms with Crippen LogP contribution < -0.4 is 25.0 Å². The number of carbonyl (C=O) groups excluding carboxylic acids is 1. The van der Waals surface area contributed by atoms with E-state index in [-0.39, 0.29) is 12.2 Å². The molecule has 1 saturated heterocycles. The molecule has 35 heavy (non-hydrogen) atoms. The van der Waals surface area contributed by atoms with E-state index in [0.29, 0.717) is 36.0 Å². The lowest BCUT2D eigenvalue weighted by Crippen LogP contribution is -2.46. The van der Waals surface area contributed by atoms with Gasteiger partial charge < -0.3 is 29.9 Å². The maximum atomic E-state index is 13.4. The van der Waals surface area contributed by atoms with E-state index in [1.807, 2.05) is 30.1 Å². The van der Waals surface area contributed by atoms with Crippen molar-refractivity contribution in [2.24, 2.45) is 4.99 Å². The van der Waals surface area contributed by atoms with E-state index in [2.05, 4.69) is 30.4 Å². The number of nitrogens with one attached hydrogen (secondary N) is 2. The summed E-state index contributed by atoms with van der Waals surface area (Å²) >= 11 is 0. The van der Waals surface area contributed by atoms with Crippen LogP contribution in [0.5, 0.6) is 11.5 Å². The Bertz CT molecular complexity index is 1130. The van der Waals surface area contributed by atoms with Gasteiger partial charge in [0.05, 0.1) is 31.8 Å². The van der Waals surface area contributed by atoms with Crippen molar-refractivity contribution in [2.45, 2.75) is 19.4 Å². The Hall–Kier alpha value is -3.63. The first kappa shape index (κ1) is 23.1. The number of amides is 1. The normalized spacial score (nSPS) is 19.9. The van der Waals surface area contributed by atoms with E-state index in [9.17, 15) is 4.79 Å². The first-order valence-corrected chi connectivity index (χ1v) is 11.7. The molecular weight excluding hydrogens is 446 g/mol. The lowest BCUT2D eigenvalue weighted by Gasteiger charge is -2.36. The summed E-state index contributed by atoms with van der Waals surface area (Å²) in [6.45, 7) is 5.00. The summed E-state index contributed by atoms with van der Waals surface area (Å²) in [7, 11) is 5.18. The monoisotopic (exact) mass is 477 g/mol. The minimum atomic E-state index is -0.299. The van der Waals surface area contributed by atoms with Crippen molar-refractivity contribution < 1.29 is 14.3 Å². The van der Waals surface area contributed by atoms with Crippen molar-refractivity contribution in [3.8, 4) is 11.5 Å². The highest BCUT2D eigenvalue weighted by atomic mass is 16.5. The number of nitrogens with zero attached hydrogens (tertiary/aromatic N) is 5. The van der Waals surface area contributed by atoms with Crippen LogP contribution in [-0.4, -0.2) is 80.6 Å². The summed E-state index contributed by atoms with van der Waals surface area (Å²) in [6, 6.07) is 5.99. The van der Waals surface area contributed by atoms with Gasteiger partial charge in [0.15, 0.2) is 17.8 Å². The van der Waals surface area contributed by atoms with E-state index in [1.54, 1.807) is 38.9 Å². The van der Waals surface area contributed by atoms with Crippen LogP contribution >= 0.6 is 0 Å². The molecule has 1 unspecified atom stereocenters. The Kier molecular flexibility index (Phi) is 6.56. The number of anilines is 2. The average Bonchev–Trinajstić information content (AvgIpc) is 3.31. The molecule has 0 aliphatic carbocycles. The zero-order valence-electron chi connectivity index (χ0n) is 20.3. The molecule has 0 saturated carbocycles. The van der Waals surface area contributed by atoms with Crippen molar-refractivity contribution in [3.63, 3.8) is 0 Å². The number of hydrogen-bond donors (Lipinski definition) is 2. The molecule has 4 heterocycles. The van der Waals surface area contributed by atoms with E-state index >= 15 is 0 Å². The number of hydrogen-bond acceptors (Lipinski definition) is 9. The lowest BCUT2D eigenvalue weighted by atomic mass is 10.1.